The van der Waals surface area contributed by atoms with Crippen molar-refractivity contribution in [1.29, 1.82) is 5.26 Å². The van der Waals surface area contributed by atoms with Crippen molar-refractivity contribution in [2.24, 2.45) is 5.73 Å². The number of allylic oxidation sites excluding steroid dienone is 3. The van der Waals surface area contributed by atoms with Gasteiger partial charge in [-0.3, -0.25) is 14.5 Å². The number of hydrogen-bond donors (Lipinski definition) is 1. The normalized spacial score (nSPS) is 17.5. The number of aromatic nitrogens is 2. The highest BCUT2D eigenvalue weighted by molar-refractivity contribution is 8.01. The van der Waals surface area contributed by atoms with E-state index >= 15 is 0 Å². The van der Waals surface area contributed by atoms with Gasteiger partial charge in [-0.2, -0.15) is 5.26 Å². The Balaban J connectivity index is 1.48. The lowest BCUT2D eigenvalue weighted by Crippen LogP contribution is -2.38. The third-order valence-corrected chi connectivity index (χ3v) is 9.30. The van der Waals surface area contributed by atoms with Crippen LogP contribution in [0.3, 0.4) is 0 Å². The van der Waals surface area contributed by atoms with Crippen LogP contribution in [0.1, 0.15) is 41.1 Å². The third kappa shape index (κ3) is 5.07. The summed E-state index contributed by atoms with van der Waals surface area (Å²) in [6.45, 7) is 0. The molecular formula is C26H18Cl3N5O2S2. The van der Waals surface area contributed by atoms with E-state index in [1.165, 1.54) is 23.1 Å². The van der Waals surface area contributed by atoms with E-state index in [0.29, 0.717) is 66.2 Å². The largest absolute Gasteiger partial charge is 0.384 e. The van der Waals surface area contributed by atoms with Crippen LogP contribution in [-0.4, -0.2) is 27.5 Å². The second kappa shape index (κ2) is 11.1. The van der Waals surface area contributed by atoms with Gasteiger partial charge < -0.3 is 5.73 Å². The lowest BCUT2D eigenvalue weighted by atomic mass is 9.76. The highest BCUT2D eigenvalue weighted by atomic mass is 35.5. The summed E-state index contributed by atoms with van der Waals surface area (Å²) in [5, 5.41) is 20.4. The number of carbonyl (C=O) groups excluding carboxylic acids is 2. The van der Waals surface area contributed by atoms with Crippen LogP contribution in [-0.2, 0) is 4.79 Å². The monoisotopic (exact) mass is 601 g/mol. The molecule has 0 amide bonds. The molecule has 1 aliphatic heterocycles. The van der Waals surface area contributed by atoms with E-state index in [-0.39, 0.29) is 28.7 Å². The van der Waals surface area contributed by atoms with Gasteiger partial charge in [-0.05, 0) is 54.8 Å². The van der Waals surface area contributed by atoms with Crippen LogP contribution in [0.5, 0.6) is 0 Å². The fourth-order valence-corrected chi connectivity index (χ4v) is 6.74. The molecular weight excluding hydrogens is 585 g/mol. The van der Waals surface area contributed by atoms with Gasteiger partial charge in [0.25, 0.3) is 0 Å². The van der Waals surface area contributed by atoms with E-state index < -0.39 is 5.92 Å². The fourth-order valence-electron chi connectivity index (χ4n) is 4.53. The van der Waals surface area contributed by atoms with E-state index in [4.69, 9.17) is 40.5 Å². The first-order valence-electron chi connectivity index (χ1n) is 11.4. The number of anilines is 1. The van der Waals surface area contributed by atoms with Gasteiger partial charge in [-0.15, -0.1) is 10.2 Å². The highest BCUT2D eigenvalue weighted by Gasteiger charge is 2.41. The maximum Gasteiger partial charge on any atom is 0.219 e. The molecule has 5 rings (SSSR count). The smallest absolute Gasteiger partial charge is 0.219 e. The minimum atomic E-state index is -0.660. The topological polar surface area (TPSA) is 113 Å². The van der Waals surface area contributed by atoms with Crippen LogP contribution in [0.15, 0.2) is 69.5 Å². The molecule has 0 spiro atoms. The van der Waals surface area contributed by atoms with Gasteiger partial charge in [0, 0.05) is 28.3 Å². The summed E-state index contributed by atoms with van der Waals surface area (Å²) in [6.07, 6.45) is 1.59. The second-order valence-corrected chi connectivity index (χ2v) is 12.0. The number of carbonyl (C=O) groups is 2. The molecule has 1 aromatic heterocycles. The Morgan fingerprint density at radius 3 is 2.61 bits per heavy atom. The van der Waals surface area contributed by atoms with Crippen molar-refractivity contribution in [2.45, 2.75) is 29.5 Å². The molecule has 0 saturated heterocycles. The molecule has 1 aliphatic carbocycles. The lowest BCUT2D eigenvalue weighted by molar-refractivity contribution is -0.116. The number of Topliss-reactive ketones (excluding diaryl/α,β-unsaturated/α-hetero) is 2. The number of hydrogen-bond acceptors (Lipinski definition) is 9. The molecule has 3 aromatic rings. The molecule has 1 atom stereocenters. The standard InChI is InChI=1S/C26H18Cl3N5O2S2/c27-15-7-4-13(5-8-15)21(36)12-37-26-33-32-25(38-26)34-19-2-1-3-20(35)23(19)22(16(11-30)24(34)31)14-6-9-17(28)18(29)10-14/h4-10,22H,1-3,12,31H2. The molecule has 2 aromatic carbocycles. The van der Waals surface area contributed by atoms with E-state index in [2.05, 4.69) is 16.3 Å². The summed E-state index contributed by atoms with van der Waals surface area (Å²) in [6, 6.07) is 14.0. The van der Waals surface area contributed by atoms with Gasteiger partial charge in [0.05, 0.1) is 33.4 Å². The van der Waals surface area contributed by atoms with E-state index in [0.717, 1.165) is 0 Å². The van der Waals surface area contributed by atoms with Gasteiger partial charge in [0.15, 0.2) is 15.9 Å². The molecule has 2 aliphatic rings. The molecule has 12 heteroatoms. The first-order valence-corrected chi connectivity index (χ1v) is 14.4. The number of nitrogens with two attached hydrogens (primary N) is 1. The molecule has 0 radical (unpaired) electrons. The predicted octanol–water partition coefficient (Wildman–Crippen LogP) is 6.78. The van der Waals surface area contributed by atoms with Crippen molar-refractivity contribution in [1.82, 2.24) is 10.2 Å². The molecule has 38 heavy (non-hydrogen) atoms. The van der Waals surface area contributed by atoms with Crippen LogP contribution in [0, 0.1) is 11.3 Å². The summed E-state index contributed by atoms with van der Waals surface area (Å²) in [5.41, 5.74) is 9.21. The van der Waals surface area contributed by atoms with Crippen LogP contribution in [0.2, 0.25) is 15.1 Å². The van der Waals surface area contributed by atoms with Crippen LogP contribution in [0.4, 0.5) is 5.13 Å². The van der Waals surface area contributed by atoms with Crippen LogP contribution in [0.25, 0.3) is 0 Å². The van der Waals surface area contributed by atoms with Crippen molar-refractivity contribution in [3.8, 4) is 6.07 Å². The Morgan fingerprint density at radius 2 is 1.89 bits per heavy atom. The average Bonchev–Trinajstić information content (AvgIpc) is 3.37. The quantitative estimate of drug-likeness (QED) is 0.243. The van der Waals surface area contributed by atoms with Gasteiger partial charge in [-0.25, -0.2) is 0 Å². The van der Waals surface area contributed by atoms with Crippen molar-refractivity contribution >= 4 is 74.6 Å². The average molecular weight is 603 g/mol. The zero-order chi connectivity index (χ0) is 27.0. The summed E-state index contributed by atoms with van der Waals surface area (Å²) < 4.78 is 0.560. The molecule has 1 unspecified atom stereocenters. The second-order valence-electron chi connectivity index (χ2n) is 8.56. The molecule has 0 fully saturated rings. The molecule has 2 heterocycles. The number of thioether (sulfide) groups is 1. The number of ketones is 2. The van der Waals surface area contributed by atoms with Crippen molar-refractivity contribution in [3.63, 3.8) is 0 Å². The first-order chi connectivity index (χ1) is 18.3. The van der Waals surface area contributed by atoms with Gasteiger partial charge >= 0.3 is 0 Å². The maximum absolute atomic E-state index is 13.2. The number of rotatable bonds is 6. The van der Waals surface area contributed by atoms with Crippen LogP contribution < -0.4 is 10.6 Å². The highest BCUT2D eigenvalue weighted by Crippen LogP contribution is 2.47. The summed E-state index contributed by atoms with van der Waals surface area (Å²) in [5.74, 6) is -0.439. The third-order valence-electron chi connectivity index (χ3n) is 6.27. The fraction of sp³-hybridized carbons (Fsp3) is 0.192. The Morgan fingerprint density at radius 1 is 1.13 bits per heavy atom. The molecule has 7 nitrogen and oxygen atoms in total. The Labute approximate surface area is 241 Å². The van der Waals surface area contributed by atoms with Crippen LogP contribution >= 0.6 is 57.9 Å². The molecule has 0 saturated carbocycles. The number of halogens is 3. The first kappa shape index (κ1) is 26.7. The summed E-state index contributed by atoms with van der Waals surface area (Å²) >= 11 is 20.8. The van der Waals surface area contributed by atoms with Crippen molar-refractivity contribution in [3.05, 3.63) is 91.3 Å². The summed E-state index contributed by atoms with van der Waals surface area (Å²) in [7, 11) is 0. The summed E-state index contributed by atoms with van der Waals surface area (Å²) in [4.78, 5) is 27.5. The minimum Gasteiger partial charge on any atom is -0.384 e. The van der Waals surface area contributed by atoms with Gasteiger partial charge in [0.1, 0.15) is 5.82 Å². The van der Waals surface area contributed by atoms with Gasteiger partial charge in [-0.1, -0.05) is 64.0 Å². The number of nitriles is 1. The zero-order valence-corrected chi connectivity index (χ0v) is 23.5. The van der Waals surface area contributed by atoms with Crippen molar-refractivity contribution < 1.29 is 9.59 Å². The van der Waals surface area contributed by atoms with E-state index in [9.17, 15) is 14.9 Å². The minimum absolute atomic E-state index is 0.0553. The number of nitrogens with zero attached hydrogens (tertiary/aromatic N) is 4. The number of benzene rings is 2. The molecule has 192 valence electrons. The van der Waals surface area contributed by atoms with Gasteiger partial charge in [0.2, 0.25) is 5.13 Å². The zero-order valence-electron chi connectivity index (χ0n) is 19.6. The molecule has 0 bridgehead atoms. The SMILES string of the molecule is N#CC1=C(N)N(c2nnc(SCC(=O)c3ccc(Cl)cc3)s2)C2=C(C(=O)CCC2)C1c1ccc(Cl)c(Cl)c1. The Kier molecular flexibility index (Phi) is 7.80. The Hall–Kier alpha value is -2.87. The predicted molar refractivity (Wildman–Crippen MR) is 151 cm³/mol. The van der Waals surface area contributed by atoms with Crippen molar-refractivity contribution in [2.75, 3.05) is 10.7 Å². The molecule has 2 N–H and O–H groups in total. The Bertz CT molecular complexity index is 1560. The lowest BCUT2D eigenvalue weighted by Gasteiger charge is -2.38. The maximum atomic E-state index is 13.2. The van der Waals surface area contributed by atoms with E-state index in [1.807, 2.05) is 0 Å². The van der Waals surface area contributed by atoms with E-state index in [1.54, 1.807) is 47.4 Å².